The molecule has 0 rings (SSSR count). The molecule has 0 aromatic carbocycles. The van der Waals surface area contributed by atoms with Crippen molar-refractivity contribution in [1.29, 1.82) is 0 Å². The van der Waals surface area contributed by atoms with E-state index in [2.05, 4.69) is 25.7 Å². The molecule has 0 aromatic rings. The van der Waals surface area contributed by atoms with E-state index in [1.54, 1.807) is 0 Å². The van der Waals surface area contributed by atoms with Gasteiger partial charge in [0, 0.05) is 5.54 Å². The Kier molecular flexibility index (Phi) is 6.09. The van der Waals surface area contributed by atoms with Gasteiger partial charge in [-0.05, 0) is 25.8 Å². The lowest BCUT2D eigenvalue weighted by molar-refractivity contribution is 0.376. The average Bonchev–Trinajstić information content (AvgIpc) is 2.18. The van der Waals surface area contributed by atoms with Crippen molar-refractivity contribution in [3.63, 3.8) is 0 Å². The normalized spacial score (nSPS) is 12.7. The van der Waals surface area contributed by atoms with E-state index in [0.717, 1.165) is 12.8 Å². The van der Waals surface area contributed by atoms with Crippen LogP contribution in [0.25, 0.3) is 0 Å². The molecule has 90 valence electrons. The van der Waals surface area contributed by atoms with E-state index in [1.807, 2.05) is 6.08 Å². The van der Waals surface area contributed by atoms with Crippen LogP contribution >= 0.6 is 0 Å². The summed E-state index contributed by atoms with van der Waals surface area (Å²) in [5.74, 6) is -0.194. The molecule has 0 aliphatic carbocycles. The molecule has 0 amide bonds. The van der Waals surface area contributed by atoms with E-state index in [-0.39, 0.29) is 11.3 Å². The molecule has 0 atom stereocenters. The SMILES string of the molecule is C=CC(CC)(CC)NCCCS(=O)(=O)O. The van der Waals surface area contributed by atoms with Crippen molar-refractivity contribution in [1.82, 2.24) is 5.32 Å². The maximum Gasteiger partial charge on any atom is 0.264 e. The van der Waals surface area contributed by atoms with E-state index >= 15 is 0 Å². The van der Waals surface area contributed by atoms with E-state index < -0.39 is 10.1 Å². The third kappa shape index (κ3) is 5.92. The van der Waals surface area contributed by atoms with Gasteiger partial charge >= 0.3 is 0 Å². The van der Waals surface area contributed by atoms with Gasteiger partial charge in [-0.1, -0.05) is 19.9 Å². The fraction of sp³-hybridized carbons (Fsp3) is 0.800. The molecule has 0 saturated carbocycles. The maximum atomic E-state index is 10.5. The molecule has 0 heterocycles. The molecule has 0 spiro atoms. The molecule has 0 saturated heterocycles. The Labute approximate surface area is 92.5 Å². The molecule has 0 radical (unpaired) electrons. The fourth-order valence-corrected chi connectivity index (χ4v) is 1.96. The molecule has 2 N–H and O–H groups in total. The zero-order valence-electron chi connectivity index (χ0n) is 9.49. The summed E-state index contributed by atoms with van der Waals surface area (Å²) >= 11 is 0. The van der Waals surface area contributed by atoms with Crippen LogP contribution in [0.3, 0.4) is 0 Å². The van der Waals surface area contributed by atoms with Crippen molar-refractivity contribution >= 4 is 10.1 Å². The van der Waals surface area contributed by atoms with Crippen LogP contribution in [-0.2, 0) is 10.1 Å². The van der Waals surface area contributed by atoms with Crippen LogP contribution in [0.15, 0.2) is 12.7 Å². The highest BCUT2D eigenvalue weighted by Crippen LogP contribution is 2.15. The van der Waals surface area contributed by atoms with Gasteiger partial charge in [0.2, 0.25) is 0 Å². The molecule has 0 bridgehead atoms. The van der Waals surface area contributed by atoms with E-state index in [0.29, 0.717) is 13.0 Å². The number of hydrogen-bond acceptors (Lipinski definition) is 3. The molecule has 4 nitrogen and oxygen atoms in total. The minimum atomic E-state index is -3.83. The summed E-state index contributed by atoms with van der Waals surface area (Å²) in [7, 11) is -3.83. The quantitative estimate of drug-likeness (QED) is 0.381. The Morgan fingerprint density at radius 3 is 2.27 bits per heavy atom. The number of hydrogen-bond donors (Lipinski definition) is 2. The predicted octanol–water partition coefficient (Wildman–Crippen LogP) is 1.60. The van der Waals surface area contributed by atoms with Crippen LogP contribution in [-0.4, -0.2) is 30.8 Å². The van der Waals surface area contributed by atoms with E-state index in [1.165, 1.54) is 0 Å². The third-order valence-corrected chi connectivity index (χ3v) is 3.51. The lowest BCUT2D eigenvalue weighted by Gasteiger charge is -2.29. The third-order valence-electron chi connectivity index (χ3n) is 2.71. The topological polar surface area (TPSA) is 66.4 Å². The van der Waals surface area contributed by atoms with Gasteiger partial charge in [0.1, 0.15) is 0 Å². The lowest BCUT2D eigenvalue weighted by atomic mass is 9.93. The number of nitrogens with one attached hydrogen (secondary N) is 1. The maximum absolute atomic E-state index is 10.5. The monoisotopic (exact) mass is 235 g/mol. The highest BCUT2D eigenvalue weighted by Gasteiger charge is 2.20. The van der Waals surface area contributed by atoms with Crippen molar-refractivity contribution < 1.29 is 13.0 Å². The van der Waals surface area contributed by atoms with Gasteiger partial charge in [-0.15, -0.1) is 6.58 Å². The Morgan fingerprint density at radius 2 is 1.93 bits per heavy atom. The Balaban J connectivity index is 3.97. The molecule has 0 aliphatic rings. The summed E-state index contributed by atoms with van der Waals surface area (Å²) in [6, 6.07) is 0. The summed E-state index contributed by atoms with van der Waals surface area (Å²) in [5, 5.41) is 3.26. The molecular weight excluding hydrogens is 214 g/mol. The zero-order valence-corrected chi connectivity index (χ0v) is 10.3. The van der Waals surface area contributed by atoms with Gasteiger partial charge in [-0.3, -0.25) is 4.55 Å². The minimum absolute atomic E-state index is 0.112. The van der Waals surface area contributed by atoms with Gasteiger partial charge in [0.15, 0.2) is 0 Å². The minimum Gasteiger partial charge on any atom is -0.308 e. The van der Waals surface area contributed by atoms with Crippen LogP contribution < -0.4 is 5.32 Å². The van der Waals surface area contributed by atoms with Gasteiger partial charge in [0.25, 0.3) is 10.1 Å². The van der Waals surface area contributed by atoms with E-state index in [4.69, 9.17) is 4.55 Å². The van der Waals surface area contributed by atoms with Crippen molar-refractivity contribution in [3.05, 3.63) is 12.7 Å². The summed E-state index contributed by atoms with van der Waals surface area (Å²) in [6.45, 7) is 8.45. The average molecular weight is 235 g/mol. The molecule has 0 fully saturated rings. The summed E-state index contributed by atoms with van der Waals surface area (Å²) in [4.78, 5) is 0. The Bertz CT molecular complexity index is 281. The largest absolute Gasteiger partial charge is 0.308 e. The van der Waals surface area contributed by atoms with Crippen molar-refractivity contribution in [3.8, 4) is 0 Å². The van der Waals surface area contributed by atoms with Crippen LogP contribution in [0.5, 0.6) is 0 Å². The predicted molar refractivity (Wildman–Crippen MR) is 62.5 cm³/mol. The molecule has 5 heteroatoms. The van der Waals surface area contributed by atoms with E-state index in [9.17, 15) is 8.42 Å². The molecule has 0 aliphatic heterocycles. The van der Waals surface area contributed by atoms with Crippen LogP contribution in [0, 0.1) is 0 Å². The lowest BCUT2D eigenvalue weighted by Crippen LogP contribution is -2.43. The molecular formula is C10H21NO3S. The van der Waals surface area contributed by atoms with Crippen molar-refractivity contribution in [2.45, 2.75) is 38.6 Å². The van der Waals surface area contributed by atoms with Gasteiger partial charge in [0.05, 0.1) is 5.75 Å². The summed E-state index contributed by atoms with van der Waals surface area (Å²) < 4.78 is 29.5. The number of rotatable bonds is 8. The van der Waals surface area contributed by atoms with Gasteiger partial charge in [-0.2, -0.15) is 8.42 Å². The zero-order chi connectivity index (χ0) is 11.9. The second-order valence-electron chi connectivity index (χ2n) is 3.63. The van der Waals surface area contributed by atoms with Crippen molar-refractivity contribution in [2.24, 2.45) is 0 Å². The highest BCUT2D eigenvalue weighted by molar-refractivity contribution is 7.85. The molecule has 0 aromatic heterocycles. The fourth-order valence-electron chi connectivity index (χ4n) is 1.45. The Morgan fingerprint density at radius 1 is 1.40 bits per heavy atom. The standard InChI is InChI=1S/C10H21NO3S/c1-4-10(5-2,6-3)11-8-7-9-15(12,13)14/h4,11H,1,5-9H2,2-3H3,(H,12,13,14). The van der Waals surface area contributed by atoms with Gasteiger partial charge in [-0.25, -0.2) is 0 Å². The van der Waals surface area contributed by atoms with Crippen LogP contribution in [0.4, 0.5) is 0 Å². The molecule has 0 unspecified atom stereocenters. The smallest absolute Gasteiger partial charge is 0.264 e. The first-order valence-electron chi connectivity index (χ1n) is 5.23. The Hall–Kier alpha value is -0.390. The first-order valence-corrected chi connectivity index (χ1v) is 6.84. The van der Waals surface area contributed by atoms with Crippen molar-refractivity contribution in [2.75, 3.05) is 12.3 Å². The molecule has 15 heavy (non-hydrogen) atoms. The second-order valence-corrected chi connectivity index (χ2v) is 5.21. The van der Waals surface area contributed by atoms with Crippen LogP contribution in [0.1, 0.15) is 33.1 Å². The van der Waals surface area contributed by atoms with Crippen LogP contribution in [0.2, 0.25) is 0 Å². The highest BCUT2D eigenvalue weighted by atomic mass is 32.2. The van der Waals surface area contributed by atoms with Gasteiger partial charge < -0.3 is 5.32 Å². The first-order chi connectivity index (χ1) is 6.89. The first kappa shape index (κ1) is 14.6. The second kappa shape index (κ2) is 6.25. The summed E-state index contributed by atoms with van der Waals surface area (Å²) in [5.41, 5.74) is -0.112. The summed E-state index contributed by atoms with van der Waals surface area (Å²) in [6.07, 6.45) is 4.10.